The summed E-state index contributed by atoms with van der Waals surface area (Å²) in [6, 6.07) is 19.5. The second kappa shape index (κ2) is 9.95. The van der Waals surface area contributed by atoms with Gasteiger partial charge in [-0.1, -0.05) is 62.4 Å². The summed E-state index contributed by atoms with van der Waals surface area (Å²) < 4.78 is 0. The van der Waals surface area contributed by atoms with Crippen LogP contribution in [0.25, 0.3) is 10.9 Å². The van der Waals surface area contributed by atoms with Crippen molar-refractivity contribution in [2.75, 3.05) is 20.1 Å². The Morgan fingerprint density at radius 1 is 1.03 bits per heavy atom. The van der Waals surface area contributed by atoms with Gasteiger partial charge in [0.05, 0.1) is 6.04 Å². The van der Waals surface area contributed by atoms with Crippen LogP contribution in [0.5, 0.6) is 0 Å². The van der Waals surface area contributed by atoms with Crippen LogP contribution in [0.4, 0.5) is 0 Å². The number of carbonyl (C=O) groups excluding carboxylic acids is 1. The molecule has 1 amide bonds. The third-order valence-electron chi connectivity index (χ3n) is 8.06. The van der Waals surface area contributed by atoms with Crippen LogP contribution in [0.1, 0.15) is 62.4 Å². The number of nitrogens with one attached hydrogen (secondary N) is 1. The van der Waals surface area contributed by atoms with Gasteiger partial charge in [-0.05, 0) is 68.2 Å². The van der Waals surface area contributed by atoms with E-state index in [1.807, 2.05) is 0 Å². The van der Waals surface area contributed by atoms with E-state index < -0.39 is 0 Å². The maximum atomic E-state index is 13.8. The second-order valence-electron chi connectivity index (χ2n) is 10.9. The van der Waals surface area contributed by atoms with Gasteiger partial charge in [0.15, 0.2) is 0 Å². The quantitative estimate of drug-likeness (QED) is 0.479. The van der Waals surface area contributed by atoms with Gasteiger partial charge in [-0.2, -0.15) is 0 Å². The molecule has 2 aromatic carbocycles. The first-order chi connectivity index (χ1) is 16.5. The van der Waals surface area contributed by atoms with E-state index >= 15 is 0 Å². The fraction of sp³-hybridized carbons (Fsp3) is 0.500. The van der Waals surface area contributed by atoms with Crippen LogP contribution in [-0.4, -0.2) is 40.8 Å². The van der Waals surface area contributed by atoms with Gasteiger partial charge in [0, 0.05) is 42.1 Å². The van der Waals surface area contributed by atoms with Crippen molar-refractivity contribution in [2.24, 2.45) is 17.8 Å². The zero-order valence-corrected chi connectivity index (χ0v) is 21.0. The number of aromatic nitrogens is 1. The highest BCUT2D eigenvalue weighted by molar-refractivity contribution is 5.86. The molecule has 0 bridgehead atoms. The number of rotatable bonds is 6. The molecule has 0 saturated heterocycles. The maximum Gasteiger partial charge on any atom is 0.226 e. The average molecular weight is 458 g/mol. The number of hydrogen-bond donors (Lipinski definition) is 1. The number of hydrogen-bond acceptors (Lipinski definition) is 2. The van der Waals surface area contributed by atoms with Crippen molar-refractivity contribution in [3.05, 3.63) is 71.4 Å². The Kier molecular flexibility index (Phi) is 6.78. The summed E-state index contributed by atoms with van der Waals surface area (Å²) in [6.45, 7) is 7.47. The van der Waals surface area contributed by atoms with E-state index in [0.29, 0.717) is 17.7 Å². The molecule has 1 aromatic heterocycles. The number of carbonyl (C=O) groups is 1. The summed E-state index contributed by atoms with van der Waals surface area (Å²) in [5.41, 5.74) is 5.26. The molecule has 1 fully saturated rings. The van der Waals surface area contributed by atoms with E-state index in [4.69, 9.17) is 0 Å². The summed E-state index contributed by atoms with van der Waals surface area (Å²) in [5.74, 6) is 1.65. The van der Waals surface area contributed by atoms with Crippen LogP contribution < -0.4 is 0 Å². The number of para-hydroxylation sites is 1. The third kappa shape index (κ3) is 4.65. The molecule has 1 aliphatic heterocycles. The van der Waals surface area contributed by atoms with Crippen LogP contribution in [0.3, 0.4) is 0 Å². The standard InChI is InChI=1S/C30H39N3O/c1-21(2)29-28-26(25-11-7-8-12-27(25)31-28)17-18-33(29)30(34)24-15-13-23(14-16-24)20-32(3)19-22-9-5-4-6-10-22/h4-12,21,23-24,29,31H,13-20H2,1-3H3. The molecule has 1 saturated carbocycles. The van der Waals surface area contributed by atoms with Crippen LogP contribution in [-0.2, 0) is 17.8 Å². The van der Waals surface area contributed by atoms with Gasteiger partial charge in [-0.3, -0.25) is 4.79 Å². The monoisotopic (exact) mass is 457 g/mol. The lowest BCUT2D eigenvalue weighted by molar-refractivity contribution is -0.141. The van der Waals surface area contributed by atoms with E-state index in [9.17, 15) is 4.79 Å². The Bertz CT molecular complexity index is 1110. The number of amides is 1. The summed E-state index contributed by atoms with van der Waals surface area (Å²) in [5, 5.41) is 1.33. The lowest BCUT2D eigenvalue weighted by atomic mass is 9.80. The molecule has 180 valence electrons. The van der Waals surface area contributed by atoms with Crippen molar-refractivity contribution >= 4 is 16.8 Å². The van der Waals surface area contributed by atoms with E-state index in [2.05, 4.69) is 90.3 Å². The molecule has 2 aliphatic rings. The molecule has 3 aromatic rings. The molecular weight excluding hydrogens is 418 g/mol. The molecule has 1 aliphatic carbocycles. The molecule has 0 radical (unpaired) electrons. The smallest absolute Gasteiger partial charge is 0.226 e. The summed E-state index contributed by atoms with van der Waals surface area (Å²) in [6.07, 6.45) is 5.34. The first kappa shape index (κ1) is 23.2. The average Bonchev–Trinajstić information content (AvgIpc) is 3.22. The molecule has 1 N–H and O–H groups in total. The minimum Gasteiger partial charge on any atom is -0.356 e. The summed E-state index contributed by atoms with van der Waals surface area (Å²) in [7, 11) is 2.23. The molecule has 4 nitrogen and oxygen atoms in total. The van der Waals surface area contributed by atoms with Crippen LogP contribution in [0, 0.1) is 17.8 Å². The van der Waals surface area contributed by atoms with Gasteiger partial charge in [0.25, 0.3) is 0 Å². The zero-order chi connectivity index (χ0) is 23.7. The fourth-order valence-corrected chi connectivity index (χ4v) is 6.44. The molecule has 34 heavy (non-hydrogen) atoms. The Morgan fingerprint density at radius 3 is 2.47 bits per heavy atom. The number of fused-ring (bicyclic) bond motifs is 3. The molecular formula is C30H39N3O. The highest BCUT2D eigenvalue weighted by Crippen LogP contribution is 2.40. The van der Waals surface area contributed by atoms with Crippen molar-refractivity contribution in [1.29, 1.82) is 0 Å². The van der Waals surface area contributed by atoms with Gasteiger partial charge < -0.3 is 14.8 Å². The molecule has 4 heteroatoms. The van der Waals surface area contributed by atoms with E-state index in [1.165, 1.54) is 27.7 Å². The van der Waals surface area contributed by atoms with Crippen molar-refractivity contribution in [1.82, 2.24) is 14.8 Å². The van der Waals surface area contributed by atoms with Gasteiger partial charge in [-0.15, -0.1) is 0 Å². The zero-order valence-electron chi connectivity index (χ0n) is 21.0. The lowest BCUT2D eigenvalue weighted by Gasteiger charge is -2.41. The largest absolute Gasteiger partial charge is 0.356 e. The summed E-state index contributed by atoms with van der Waals surface area (Å²) >= 11 is 0. The van der Waals surface area contributed by atoms with Gasteiger partial charge in [0.1, 0.15) is 0 Å². The molecule has 1 atom stereocenters. The normalized spacial score (nSPS) is 23.0. The highest BCUT2D eigenvalue weighted by atomic mass is 16.2. The first-order valence-corrected chi connectivity index (χ1v) is 13.1. The molecule has 5 rings (SSSR count). The van der Waals surface area contributed by atoms with E-state index in [1.54, 1.807) is 0 Å². The van der Waals surface area contributed by atoms with Crippen molar-refractivity contribution in [3.8, 4) is 0 Å². The fourth-order valence-electron chi connectivity index (χ4n) is 6.44. The lowest BCUT2D eigenvalue weighted by Crippen LogP contribution is -2.46. The minimum atomic E-state index is 0.151. The first-order valence-electron chi connectivity index (χ1n) is 13.1. The Hall–Kier alpha value is -2.59. The van der Waals surface area contributed by atoms with Crippen LogP contribution in [0.15, 0.2) is 54.6 Å². The summed E-state index contributed by atoms with van der Waals surface area (Å²) in [4.78, 5) is 22.1. The number of nitrogens with zero attached hydrogens (tertiary/aromatic N) is 2. The van der Waals surface area contributed by atoms with Gasteiger partial charge in [0.2, 0.25) is 5.91 Å². The second-order valence-corrected chi connectivity index (χ2v) is 10.9. The Morgan fingerprint density at radius 2 is 1.74 bits per heavy atom. The van der Waals surface area contributed by atoms with Gasteiger partial charge >= 0.3 is 0 Å². The molecule has 1 unspecified atom stereocenters. The predicted molar refractivity (Wildman–Crippen MR) is 140 cm³/mol. The van der Waals surface area contributed by atoms with Crippen LogP contribution in [0.2, 0.25) is 0 Å². The molecule has 2 heterocycles. The third-order valence-corrected chi connectivity index (χ3v) is 8.06. The van der Waals surface area contributed by atoms with Crippen molar-refractivity contribution in [2.45, 2.75) is 58.5 Å². The topological polar surface area (TPSA) is 39.3 Å². The number of aromatic amines is 1. The number of benzene rings is 2. The molecule has 0 spiro atoms. The maximum absolute atomic E-state index is 13.8. The Balaban J connectivity index is 1.22. The van der Waals surface area contributed by atoms with Gasteiger partial charge in [-0.25, -0.2) is 0 Å². The highest BCUT2D eigenvalue weighted by Gasteiger charge is 2.38. The van der Waals surface area contributed by atoms with Crippen molar-refractivity contribution < 1.29 is 4.79 Å². The predicted octanol–water partition coefficient (Wildman–Crippen LogP) is 6.19. The minimum absolute atomic E-state index is 0.151. The van der Waals surface area contributed by atoms with E-state index in [-0.39, 0.29) is 12.0 Å². The van der Waals surface area contributed by atoms with Crippen LogP contribution >= 0.6 is 0 Å². The van der Waals surface area contributed by atoms with Crippen molar-refractivity contribution in [3.63, 3.8) is 0 Å². The Labute approximate surface area is 204 Å². The SMILES string of the molecule is CC(C)C1c2[nH]c3ccccc3c2CCN1C(=O)C1CCC(CN(C)Cc2ccccc2)CC1. The van der Waals surface area contributed by atoms with E-state index in [0.717, 1.165) is 51.7 Å². The number of H-pyrrole nitrogens is 1.